The summed E-state index contributed by atoms with van der Waals surface area (Å²) in [5, 5.41) is 4.56. The van der Waals surface area contributed by atoms with Crippen molar-refractivity contribution in [2.45, 2.75) is 18.8 Å². The minimum atomic E-state index is -0.0685. The molecule has 2 aromatic heterocycles. The van der Waals surface area contributed by atoms with Gasteiger partial charge in [-0.15, -0.1) is 0 Å². The van der Waals surface area contributed by atoms with Crippen LogP contribution in [0, 0.1) is 0 Å². The van der Waals surface area contributed by atoms with Gasteiger partial charge in [0.1, 0.15) is 0 Å². The number of pyridine rings is 1. The Morgan fingerprint density at radius 2 is 1.79 bits per heavy atom. The Morgan fingerprint density at radius 1 is 1.07 bits per heavy atom. The van der Waals surface area contributed by atoms with Crippen molar-refractivity contribution in [2.24, 2.45) is 0 Å². The first-order chi connectivity index (χ1) is 13.6. The normalized spacial score (nSPS) is 14.0. The quantitative estimate of drug-likeness (QED) is 0.593. The van der Waals surface area contributed by atoms with Crippen molar-refractivity contribution in [2.75, 3.05) is 13.1 Å². The van der Waals surface area contributed by atoms with E-state index in [9.17, 15) is 9.59 Å². The van der Waals surface area contributed by atoms with Crippen LogP contribution in [-0.4, -0.2) is 44.8 Å². The zero-order valence-corrected chi connectivity index (χ0v) is 15.7. The molecular weight excluding hydrogens is 380 g/mol. The van der Waals surface area contributed by atoms with E-state index in [4.69, 9.17) is 16.1 Å². The van der Waals surface area contributed by atoms with Crippen LogP contribution in [0.25, 0.3) is 11.4 Å². The molecule has 1 aromatic carbocycles. The SMILES string of the molecule is O=C(CCC(=O)N1CC(c2nc(-c3ccncc3)no2)C1)c1ccc(Cl)cc1. The van der Waals surface area contributed by atoms with Gasteiger partial charge >= 0.3 is 0 Å². The second-order valence-electron chi connectivity index (χ2n) is 6.62. The maximum Gasteiger partial charge on any atom is 0.233 e. The monoisotopic (exact) mass is 396 g/mol. The zero-order valence-electron chi connectivity index (χ0n) is 14.9. The highest BCUT2D eigenvalue weighted by atomic mass is 35.5. The second kappa shape index (κ2) is 7.90. The third-order valence-electron chi connectivity index (χ3n) is 4.70. The molecule has 0 saturated carbocycles. The average molecular weight is 397 g/mol. The molecule has 28 heavy (non-hydrogen) atoms. The van der Waals surface area contributed by atoms with Gasteiger partial charge in [-0.05, 0) is 36.4 Å². The number of amides is 1. The minimum absolute atomic E-state index is 0.0269. The molecule has 1 aliphatic rings. The number of nitrogens with zero attached hydrogens (tertiary/aromatic N) is 4. The van der Waals surface area contributed by atoms with Crippen molar-refractivity contribution < 1.29 is 14.1 Å². The predicted molar refractivity (Wildman–Crippen MR) is 102 cm³/mol. The summed E-state index contributed by atoms with van der Waals surface area (Å²) in [5.74, 6) is 0.941. The number of likely N-dealkylation sites (tertiary alicyclic amines) is 1. The average Bonchev–Trinajstić information content (AvgIpc) is 3.16. The van der Waals surface area contributed by atoms with Crippen LogP contribution in [0.1, 0.15) is 35.0 Å². The van der Waals surface area contributed by atoms with Gasteiger partial charge in [-0.3, -0.25) is 14.6 Å². The lowest BCUT2D eigenvalue weighted by atomic mass is 9.98. The van der Waals surface area contributed by atoms with Crippen LogP contribution >= 0.6 is 11.6 Å². The molecule has 0 radical (unpaired) electrons. The molecule has 0 bridgehead atoms. The smallest absolute Gasteiger partial charge is 0.233 e. The highest BCUT2D eigenvalue weighted by molar-refractivity contribution is 6.30. The van der Waals surface area contributed by atoms with E-state index >= 15 is 0 Å². The number of ketones is 1. The second-order valence-corrected chi connectivity index (χ2v) is 7.05. The molecule has 3 heterocycles. The van der Waals surface area contributed by atoms with Gasteiger partial charge in [-0.1, -0.05) is 16.8 Å². The number of carbonyl (C=O) groups excluding carboxylic acids is 2. The summed E-state index contributed by atoms with van der Waals surface area (Å²) >= 11 is 5.82. The Morgan fingerprint density at radius 3 is 2.50 bits per heavy atom. The van der Waals surface area contributed by atoms with E-state index in [0.717, 1.165) is 5.56 Å². The zero-order chi connectivity index (χ0) is 19.5. The Balaban J connectivity index is 1.27. The number of Topliss-reactive ketones (excluding diaryl/α,β-unsaturated/α-hetero) is 1. The third-order valence-corrected chi connectivity index (χ3v) is 4.95. The lowest BCUT2D eigenvalue weighted by molar-refractivity contribution is -0.135. The van der Waals surface area contributed by atoms with E-state index in [1.54, 1.807) is 41.6 Å². The molecule has 7 nitrogen and oxygen atoms in total. The number of rotatable bonds is 6. The van der Waals surface area contributed by atoms with Crippen molar-refractivity contribution in [1.82, 2.24) is 20.0 Å². The van der Waals surface area contributed by atoms with E-state index < -0.39 is 0 Å². The molecule has 0 unspecified atom stereocenters. The number of benzene rings is 1. The van der Waals surface area contributed by atoms with E-state index in [1.807, 2.05) is 12.1 Å². The van der Waals surface area contributed by atoms with Crippen molar-refractivity contribution in [3.8, 4) is 11.4 Å². The third kappa shape index (κ3) is 3.94. The van der Waals surface area contributed by atoms with Crippen LogP contribution in [-0.2, 0) is 4.79 Å². The van der Waals surface area contributed by atoms with Gasteiger partial charge in [-0.25, -0.2) is 0 Å². The van der Waals surface area contributed by atoms with Crippen molar-refractivity contribution >= 4 is 23.3 Å². The Bertz CT molecular complexity index is 982. The van der Waals surface area contributed by atoms with Crippen LogP contribution in [0.5, 0.6) is 0 Å². The van der Waals surface area contributed by atoms with Crippen LogP contribution in [0.2, 0.25) is 5.02 Å². The molecular formula is C20H17ClN4O3. The topological polar surface area (TPSA) is 89.2 Å². The fraction of sp³-hybridized carbons (Fsp3) is 0.250. The molecule has 8 heteroatoms. The molecule has 0 N–H and O–H groups in total. The molecule has 1 aliphatic heterocycles. The summed E-state index contributed by atoms with van der Waals surface area (Å²) in [5.41, 5.74) is 1.39. The first-order valence-corrected chi connectivity index (χ1v) is 9.28. The fourth-order valence-electron chi connectivity index (χ4n) is 3.02. The molecule has 0 spiro atoms. The summed E-state index contributed by atoms with van der Waals surface area (Å²) in [7, 11) is 0. The summed E-state index contributed by atoms with van der Waals surface area (Å²) in [6, 6.07) is 10.3. The van der Waals surface area contributed by atoms with Gasteiger partial charge in [-0.2, -0.15) is 4.98 Å². The fourth-order valence-corrected chi connectivity index (χ4v) is 3.14. The molecule has 3 aromatic rings. The van der Waals surface area contributed by atoms with E-state index in [1.165, 1.54) is 0 Å². The lowest BCUT2D eigenvalue weighted by Gasteiger charge is -2.37. The van der Waals surface area contributed by atoms with Crippen LogP contribution in [0.15, 0.2) is 53.3 Å². The van der Waals surface area contributed by atoms with Crippen molar-refractivity contribution in [3.63, 3.8) is 0 Å². The summed E-state index contributed by atoms with van der Waals surface area (Å²) in [4.78, 5) is 34.5. The molecule has 1 fully saturated rings. The van der Waals surface area contributed by atoms with Crippen LogP contribution < -0.4 is 0 Å². The predicted octanol–water partition coefficient (Wildman–Crippen LogP) is 3.37. The van der Waals surface area contributed by atoms with Crippen LogP contribution in [0.3, 0.4) is 0 Å². The van der Waals surface area contributed by atoms with Crippen LogP contribution in [0.4, 0.5) is 0 Å². The first-order valence-electron chi connectivity index (χ1n) is 8.90. The molecule has 142 valence electrons. The molecule has 1 saturated heterocycles. The molecule has 1 amide bonds. The van der Waals surface area contributed by atoms with Crippen molar-refractivity contribution in [3.05, 3.63) is 65.3 Å². The summed E-state index contributed by atoms with van der Waals surface area (Å²) in [6.07, 6.45) is 3.69. The van der Waals surface area contributed by atoms with E-state index in [2.05, 4.69) is 15.1 Å². The van der Waals surface area contributed by atoms with E-state index in [0.29, 0.717) is 35.4 Å². The lowest BCUT2D eigenvalue weighted by Crippen LogP contribution is -2.48. The Labute approximate surface area is 166 Å². The highest BCUT2D eigenvalue weighted by Crippen LogP contribution is 2.28. The molecule has 0 aliphatic carbocycles. The Hall–Kier alpha value is -3.06. The molecule has 4 rings (SSSR count). The van der Waals surface area contributed by atoms with Gasteiger partial charge in [0, 0.05) is 54.5 Å². The summed E-state index contributed by atoms with van der Waals surface area (Å²) in [6.45, 7) is 1.04. The maximum absolute atomic E-state index is 12.3. The standard InChI is InChI=1S/C20H17ClN4O3/c21-16-3-1-13(2-4-16)17(26)5-6-18(27)25-11-15(12-25)20-23-19(24-28-20)14-7-9-22-10-8-14/h1-4,7-10,15H,5-6,11-12H2. The number of hydrogen-bond donors (Lipinski definition) is 0. The number of aromatic nitrogens is 3. The maximum atomic E-state index is 12.3. The first kappa shape index (κ1) is 18.3. The number of carbonyl (C=O) groups is 2. The van der Waals surface area contributed by atoms with Gasteiger partial charge in [0.15, 0.2) is 5.78 Å². The minimum Gasteiger partial charge on any atom is -0.341 e. The Kier molecular flexibility index (Phi) is 5.16. The van der Waals surface area contributed by atoms with Gasteiger partial charge in [0.25, 0.3) is 0 Å². The van der Waals surface area contributed by atoms with Gasteiger partial charge < -0.3 is 9.42 Å². The van der Waals surface area contributed by atoms with Crippen molar-refractivity contribution in [1.29, 1.82) is 0 Å². The summed E-state index contributed by atoms with van der Waals surface area (Å²) < 4.78 is 5.33. The van der Waals surface area contributed by atoms with Gasteiger partial charge in [0.05, 0.1) is 5.92 Å². The molecule has 0 atom stereocenters. The largest absolute Gasteiger partial charge is 0.341 e. The van der Waals surface area contributed by atoms with Gasteiger partial charge in [0.2, 0.25) is 17.6 Å². The number of halogens is 1. The number of hydrogen-bond acceptors (Lipinski definition) is 6. The van der Waals surface area contributed by atoms with E-state index in [-0.39, 0.29) is 30.4 Å². The highest BCUT2D eigenvalue weighted by Gasteiger charge is 2.35.